The summed E-state index contributed by atoms with van der Waals surface area (Å²) in [7, 11) is 0. The molecule has 0 radical (unpaired) electrons. The van der Waals surface area contributed by atoms with Crippen molar-refractivity contribution in [2.24, 2.45) is 0 Å². The number of benzene rings is 1. The molecule has 0 bridgehead atoms. The van der Waals surface area contributed by atoms with E-state index < -0.39 is 24.4 Å². The molecular formula is C13H14FNO4. The molecule has 1 amide bonds. The van der Waals surface area contributed by atoms with Crippen LogP contribution >= 0.6 is 0 Å². The summed E-state index contributed by atoms with van der Waals surface area (Å²) >= 11 is 0. The Morgan fingerprint density at radius 1 is 1.47 bits per heavy atom. The van der Waals surface area contributed by atoms with Crippen LogP contribution in [-0.2, 0) is 16.1 Å². The third kappa shape index (κ3) is 5.20. The van der Waals surface area contributed by atoms with Gasteiger partial charge >= 0.3 is 12.1 Å². The molecular weight excluding hydrogens is 253 g/mol. The minimum absolute atomic E-state index is 0.0158. The molecule has 19 heavy (non-hydrogen) atoms. The molecule has 1 aromatic carbocycles. The number of rotatable bonds is 6. The SMILES string of the molecule is C=CCOC(=O)N(CC(=O)O)Cc1cccc(F)c1. The molecule has 0 unspecified atom stereocenters. The van der Waals surface area contributed by atoms with Gasteiger partial charge in [0.2, 0.25) is 0 Å². The number of nitrogens with zero attached hydrogens (tertiary/aromatic N) is 1. The standard InChI is InChI=1S/C13H14FNO4/c1-2-6-19-13(18)15(9-12(16)17)8-10-4-3-5-11(14)7-10/h2-5,7H,1,6,8-9H2,(H,16,17). The minimum Gasteiger partial charge on any atom is -0.480 e. The molecule has 0 atom stereocenters. The zero-order valence-corrected chi connectivity index (χ0v) is 10.2. The number of carboxylic acids is 1. The van der Waals surface area contributed by atoms with Crippen molar-refractivity contribution in [2.75, 3.05) is 13.2 Å². The predicted octanol–water partition coefficient (Wildman–Crippen LogP) is 2.03. The molecule has 0 saturated carbocycles. The molecule has 1 N–H and O–H groups in total. The number of hydrogen-bond acceptors (Lipinski definition) is 3. The van der Waals surface area contributed by atoms with Gasteiger partial charge in [-0.1, -0.05) is 24.8 Å². The molecule has 0 aliphatic heterocycles. The number of hydrogen-bond donors (Lipinski definition) is 1. The summed E-state index contributed by atoms with van der Waals surface area (Å²) in [5.74, 6) is -1.63. The molecule has 5 nitrogen and oxygen atoms in total. The van der Waals surface area contributed by atoms with E-state index in [2.05, 4.69) is 6.58 Å². The Bertz CT molecular complexity index is 475. The number of carbonyl (C=O) groups is 2. The molecule has 0 spiro atoms. The molecule has 0 fully saturated rings. The summed E-state index contributed by atoms with van der Waals surface area (Å²) in [5.41, 5.74) is 0.483. The van der Waals surface area contributed by atoms with Crippen molar-refractivity contribution in [1.82, 2.24) is 4.90 Å². The van der Waals surface area contributed by atoms with Gasteiger partial charge in [-0.3, -0.25) is 9.69 Å². The number of aliphatic carboxylic acids is 1. The van der Waals surface area contributed by atoms with Gasteiger partial charge in [-0.15, -0.1) is 0 Å². The largest absolute Gasteiger partial charge is 0.480 e. The van der Waals surface area contributed by atoms with E-state index in [9.17, 15) is 14.0 Å². The maximum Gasteiger partial charge on any atom is 0.410 e. The third-order valence-corrected chi connectivity index (χ3v) is 2.17. The Kier molecular flexibility index (Phi) is 5.53. The molecule has 0 saturated heterocycles. The summed E-state index contributed by atoms with van der Waals surface area (Å²) in [5, 5.41) is 8.75. The number of amides is 1. The van der Waals surface area contributed by atoms with Crippen molar-refractivity contribution in [1.29, 1.82) is 0 Å². The van der Waals surface area contributed by atoms with Crippen LogP contribution in [0.3, 0.4) is 0 Å². The lowest BCUT2D eigenvalue weighted by atomic mass is 10.2. The maximum absolute atomic E-state index is 13.0. The molecule has 0 aliphatic rings. The van der Waals surface area contributed by atoms with Gasteiger partial charge in [0, 0.05) is 6.54 Å². The molecule has 0 heterocycles. The Labute approximate surface area is 109 Å². The molecule has 0 aliphatic carbocycles. The van der Waals surface area contributed by atoms with E-state index in [0.29, 0.717) is 5.56 Å². The predicted molar refractivity (Wildman–Crippen MR) is 66.0 cm³/mol. The van der Waals surface area contributed by atoms with Crippen LogP contribution in [0.1, 0.15) is 5.56 Å². The van der Waals surface area contributed by atoms with Gasteiger partial charge < -0.3 is 9.84 Å². The van der Waals surface area contributed by atoms with E-state index in [1.807, 2.05) is 0 Å². The number of carbonyl (C=O) groups excluding carboxylic acids is 1. The van der Waals surface area contributed by atoms with Gasteiger partial charge in [-0.2, -0.15) is 0 Å². The van der Waals surface area contributed by atoms with E-state index >= 15 is 0 Å². The van der Waals surface area contributed by atoms with Gasteiger partial charge in [0.15, 0.2) is 0 Å². The first kappa shape index (κ1) is 14.7. The van der Waals surface area contributed by atoms with Crippen molar-refractivity contribution in [3.8, 4) is 0 Å². The van der Waals surface area contributed by atoms with E-state index in [1.165, 1.54) is 24.3 Å². The van der Waals surface area contributed by atoms with Gasteiger partial charge in [-0.25, -0.2) is 9.18 Å². The maximum atomic E-state index is 13.0. The lowest BCUT2D eigenvalue weighted by Gasteiger charge is -2.19. The van der Waals surface area contributed by atoms with Crippen LogP contribution in [0.4, 0.5) is 9.18 Å². The smallest absolute Gasteiger partial charge is 0.410 e. The van der Waals surface area contributed by atoms with Gasteiger partial charge in [-0.05, 0) is 17.7 Å². The lowest BCUT2D eigenvalue weighted by molar-refractivity contribution is -0.138. The van der Waals surface area contributed by atoms with Crippen molar-refractivity contribution >= 4 is 12.1 Å². The highest BCUT2D eigenvalue weighted by molar-refractivity contribution is 5.76. The molecule has 6 heteroatoms. The van der Waals surface area contributed by atoms with E-state index in [1.54, 1.807) is 6.07 Å². The minimum atomic E-state index is -1.17. The van der Waals surface area contributed by atoms with Crippen molar-refractivity contribution < 1.29 is 23.8 Å². The third-order valence-electron chi connectivity index (χ3n) is 2.17. The van der Waals surface area contributed by atoms with Crippen LogP contribution in [0.15, 0.2) is 36.9 Å². The zero-order valence-electron chi connectivity index (χ0n) is 10.2. The summed E-state index contributed by atoms with van der Waals surface area (Å²) in [6, 6.07) is 5.58. The molecule has 0 aromatic heterocycles. The summed E-state index contributed by atoms with van der Waals surface area (Å²) in [4.78, 5) is 23.3. The van der Waals surface area contributed by atoms with E-state index in [-0.39, 0.29) is 13.2 Å². The Hall–Kier alpha value is -2.37. The highest BCUT2D eigenvalue weighted by atomic mass is 19.1. The fourth-order valence-electron chi connectivity index (χ4n) is 1.43. The fraction of sp³-hybridized carbons (Fsp3) is 0.231. The number of halogens is 1. The second-order valence-electron chi connectivity index (χ2n) is 3.75. The first-order valence-electron chi connectivity index (χ1n) is 5.51. The Morgan fingerprint density at radius 3 is 2.79 bits per heavy atom. The summed E-state index contributed by atoms with van der Waals surface area (Å²) < 4.78 is 17.8. The van der Waals surface area contributed by atoms with Crippen molar-refractivity contribution in [3.05, 3.63) is 48.3 Å². The summed E-state index contributed by atoms with van der Waals surface area (Å²) in [6.07, 6.45) is 0.588. The monoisotopic (exact) mass is 267 g/mol. The Morgan fingerprint density at radius 2 is 2.21 bits per heavy atom. The van der Waals surface area contributed by atoms with E-state index in [0.717, 1.165) is 4.90 Å². The first-order chi connectivity index (χ1) is 9.02. The average Bonchev–Trinajstić information content (AvgIpc) is 2.34. The highest BCUT2D eigenvalue weighted by Gasteiger charge is 2.18. The van der Waals surface area contributed by atoms with Gasteiger partial charge in [0.1, 0.15) is 19.0 Å². The normalized spacial score (nSPS) is 9.74. The number of carboxylic acid groups (broad SMARTS) is 1. The fourth-order valence-corrected chi connectivity index (χ4v) is 1.43. The first-order valence-corrected chi connectivity index (χ1v) is 5.51. The average molecular weight is 267 g/mol. The van der Waals surface area contributed by atoms with Crippen LogP contribution in [-0.4, -0.2) is 35.2 Å². The zero-order chi connectivity index (χ0) is 14.3. The Balaban J connectivity index is 2.76. The van der Waals surface area contributed by atoms with Gasteiger partial charge in [0.05, 0.1) is 0 Å². The second-order valence-corrected chi connectivity index (χ2v) is 3.75. The van der Waals surface area contributed by atoms with Crippen LogP contribution in [0.2, 0.25) is 0 Å². The topological polar surface area (TPSA) is 66.8 Å². The van der Waals surface area contributed by atoms with Crippen LogP contribution in [0.5, 0.6) is 0 Å². The van der Waals surface area contributed by atoms with Crippen LogP contribution in [0, 0.1) is 5.82 Å². The van der Waals surface area contributed by atoms with Crippen molar-refractivity contribution in [3.63, 3.8) is 0 Å². The van der Waals surface area contributed by atoms with E-state index in [4.69, 9.17) is 9.84 Å². The molecule has 102 valence electrons. The summed E-state index contributed by atoms with van der Waals surface area (Å²) in [6.45, 7) is 2.81. The van der Waals surface area contributed by atoms with Crippen molar-refractivity contribution in [2.45, 2.75) is 6.54 Å². The van der Waals surface area contributed by atoms with Crippen LogP contribution in [0.25, 0.3) is 0 Å². The molecule has 1 rings (SSSR count). The highest BCUT2D eigenvalue weighted by Crippen LogP contribution is 2.08. The van der Waals surface area contributed by atoms with Gasteiger partial charge in [0.25, 0.3) is 0 Å². The molecule has 1 aromatic rings. The number of ether oxygens (including phenoxy) is 1. The lowest BCUT2D eigenvalue weighted by Crippen LogP contribution is -2.35. The second kappa shape index (κ2) is 7.15. The van der Waals surface area contributed by atoms with Crippen LogP contribution < -0.4 is 0 Å². The quantitative estimate of drug-likeness (QED) is 0.801.